The number of aryl methyl sites for hydroxylation is 1. The van der Waals surface area contributed by atoms with E-state index in [4.69, 9.17) is 4.42 Å². The molecule has 3 rings (SSSR count). The molecule has 10 heteroatoms. The lowest BCUT2D eigenvalue weighted by Gasteiger charge is -2.07. The van der Waals surface area contributed by atoms with Crippen molar-refractivity contribution in [1.29, 1.82) is 0 Å². The van der Waals surface area contributed by atoms with Crippen LogP contribution in [0.25, 0.3) is 23.7 Å². The minimum Gasteiger partial charge on any atom is -0.424 e. The molecule has 0 spiro atoms. The zero-order chi connectivity index (χ0) is 16.4. The van der Waals surface area contributed by atoms with E-state index in [0.29, 0.717) is 0 Å². The number of alkyl halides is 3. The van der Waals surface area contributed by atoms with Gasteiger partial charge in [0.2, 0.25) is 12.3 Å². The smallest absolute Gasteiger partial charge is 0.424 e. The largest absolute Gasteiger partial charge is 0.433 e. The number of rotatable bonds is 3. The third kappa shape index (κ3) is 3.42. The lowest BCUT2D eigenvalue weighted by molar-refractivity contribution is -0.141. The van der Waals surface area contributed by atoms with Crippen molar-refractivity contribution in [2.75, 3.05) is 0 Å². The van der Waals surface area contributed by atoms with Crippen LogP contribution in [-0.2, 0) is 6.18 Å². The van der Waals surface area contributed by atoms with Crippen LogP contribution in [0.4, 0.5) is 13.2 Å². The molecule has 3 aromatic rings. The van der Waals surface area contributed by atoms with Gasteiger partial charge in [0.15, 0.2) is 5.82 Å². The van der Waals surface area contributed by atoms with E-state index in [9.17, 15) is 13.2 Å². The molecule has 118 valence electrons. The summed E-state index contributed by atoms with van der Waals surface area (Å²) in [6, 6.07) is 2.39. The van der Waals surface area contributed by atoms with Crippen molar-refractivity contribution in [3.05, 3.63) is 42.1 Å². The van der Waals surface area contributed by atoms with Crippen LogP contribution in [0.3, 0.4) is 0 Å². The zero-order valence-electron chi connectivity index (χ0n) is 11.7. The highest BCUT2D eigenvalue weighted by molar-refractivity contribution is 5.57. The number of pyridine rings is 1. The lowest BCUT2D eigenvalue weighted by Crippen LogP contribution is -2.09. The molecule has 0 N–H and O–H groups in total. The van der Waals surface area contributed by atoms with Gasteiger partial charge in [-0.2, -0.15) is 13.2 Å². The van der Waals surface area contributed by atoms with Gasteiger partial charge in [0.05, 0.1) is 0 Å². The Morgan fingerprint density at radius 2 is 2.09 bits per heavy atom. The predicted octanol–water partition coefficient (Wildman–Crippen LogP) is 2.68. The Balaban J connectivity index is 1.90. The maximum absolute atomic E-state index is 12.8. The van der Waals surface area contributed by atoms with Crippen LogP contribution in [0.5, 0.6) is 0 Å². The van der Waals surface area contributed by atoms with E-state index in [1.807, 2.05) is 0 Å². The first-order valence-electron chi connectivity index (χ1n) is 6.33. The average molecular weight is 322 g/mol. The standard InChI is InChI=1S/C13H9F3N6O/c1-8-4-9(5-10(19-8)13(14,15)16)12-17-6-22(21-12)3-2-11-20-18-7-23-11/h2-7H,1H3/b3-2-. The summed E-state index contributed by atoms with van der Waals surface area (Å²) in [4.78, 5) is 7.47. The maximum atomic E-state index is 12.8. The Bertz CT molecular complexity index is 838. The van der Waals surface area contributed by atoms with E-state index >= 15 is 0 Å². The van der Waals surface area contributed by atoms with Crippen molar-refractivity contribution < 1.29 is 17.6 Å². The SMILES string of the molecule is Cc1cc(-c2ncn(/C=C\c3nnco3)n2)cc(C(F)(F)F)n1. The second kappa shape index (κ2) is 5.63. The molecule has 23 heavy (non-hydrogen) atoms. The van der Waals surface area contributed by atoms with Crippen LogP contribution in [0.2, 0.25) is 0 Å². The second-order valence-corrected chi connectivity index (χ2v) is 4.52. The molecule has 0 aliphatic heterocycles. The van der Waals surface area contributed by atoms with Gasteiger partial charge in [-0.15, -0.1) is 15.3 Å². The molecule has 0 unspecified atom stereocenters. The number of aromatic nitrogens is 6. The van der Waals surface area contributed by atoms with E-state index in [2.05, 4.69) is 25.3 Å². The van der Waals surface area contributed by atoms with Crippen molar-refractivity contribution >= 4 is 12.3 Å². The number of hydrogen-bond donors (Lipinski definition) is 0. The fraction of sp³-hybridized carbons (Fsp3) is 0.154. The minimum absolute atomic E-state index is 0.149. The normalized spacial score (nSPS) is 12.2. The van der Waals surface area contributed by atoms with Gasteiger partial charge < -0.3 is 4.42 Å². The lowest BCUT2D eigenvalue weighted by atomic mass is 10.2. The van der Waals surface area contributed by atoms with Crippen LogP contribution < -0.4 is 0 Å². The quantitative estimate of drug-likeness (QED) is 0.737. The molecule has 0 aliphatic carbocycles. The monoisotopic (exact) mass is 322 g/mol. The first-order chi connectivity index (χ1) is 10.9. The number of nitrogens with zero attached hydrogens (tertiary/aromatic N) is 6. The average Bonchev–Trinajstić information content (AvgIpc) is 3.15. The Morgan fingerprint density at radius 3 is 2.78 bits per heavy atom. The summed E-state index contributed by atoms with van der Waals surface area (Å²) in [5.74, 6) is 0.414. The molecule has 0 aliphatic rings. The highest BCUT2D eigenvalue weighted by atomic mass is 19.4. The third-order valence-corrected chi connectivity index (χ3v) is 2.76. The Morgan fingerprint density at radius 1 is 1.26 bits per heavy atom. The van der Waals surface area contributed by atoms with Gasteiger partial charge in [-0.25, -0.2) is 14.6 Å². The first-order valence-corrected chi connectivity index (χ1v) is 6.33. The molecule has 7 nitrogen and oxygen atoms in total. The van der Waals surface area contributed by atoms with E-state index in [1.54, 1.807) is 0 Å². The van der Waals surface area contributed by atoms with E-state index in [1.165, 1.54) is 42.7 Å². The summed E-state index contributed by atoms with van der Waals surface area (Å²) in [6.45, 7) is 1.48. The topological polar surface area (TPSA) is 82.5 Å². The van der Waals surface area contributed by atoms with Crippen molar-refractivity contribution in [1.82, 2.24) is 29.9 Å². The van der Waals surface area contributed by atoms with Gasteiger partial charge in [0, 0.05) is 23.5 Å². The summed E-state index contributed by atoms with van der Waals surface area (Å²) >= 11 is 0. The summed E-state index contributed by atoms with van der Waals surface area (Å²) < 4.78 is 44.6. The molecule has 3 heterocycles. The minimum atomic E-state index is -4.53. The predicted molar refractivity (Wildman–Crippen MR) is 72.5 cm³/mol. The first kappa shape index (κ1) is 14.9. The van der Waals surface area contributed by atoms with Crippen LogP contribution in [0.15, 0.2) is 29.3 Å². The van der Waals surface area contributed by atoms with Gasteiger partial charge in [-0.05, 0) is 19.1 Å². The molecule has 0 atom stereocenters. The highest BCUT2D eigenvalue weighted by Crippen LogP contribution is 2.30. The molecule has 0 bridgehead atoms. The molecular formula is C13H9F3N6O. The number of halogens is 3. The van der Waals surface area contributed by atoms with Gasteiger partial charge >= 0.3 is 6.18 Å². The van der Waals surface area contributed by atoms with Crippen LogP contribution in [-0.4, -0.2) is 29.9 Å². The zero-order valence-corrected chi connectivity index (χ0v) is 11.7. The van der Waals surface area contributed by atoms with Crippen molar-refractivity contribution in [3.8, 4) is 11.4 Å². The molecular weight excluding hydrogens is 313 g/mol. The van der Waals surface area contributed by atoms with E-state index < -0.39 is 11.9 Å². The molecule has 0 fully saturated rings. The van der Waals surface area contributed by atoms with Crippen LogP contribution >= 0.6 is 0 Å². The van der Waals surface area contributed by atoms with Gasteiger partial charge in [-0.3, -0.25) is 0 Å². The molecule has 0 aromatic carbocycles. The Hall–Kier alpha value is -3.04. The van der Waals surface area contributed by atoms with E-state index in [-0.39, 0.29) is 23.0 Å². The van der Waals surface area contributed by atoms with Crippen LogP contribution in [0.1, 0.15) is 17.3 Å². The van der Waals surface area contributed by atoms with Gasteiger partial charge in [0.1, 0.15) is 12.0 Å². The van der Waals surface area contributed by atoms with Crippen molar-refractivity contribution in [2.45, 2.75) is 13.1 Å². The Labute approximate surface area is 127 Å². The summed E-state index contributed by atoms with van der Waals surface area (Å²) in [6.07, 6.45) is 0.977. The van der Waals surface area contributed by atoms with Gasteiger partial charge in [-0.1, -0.05) is 0 Å². The molecule has 0 radical (unpaired) electrons. The van der Waals surface area contributed by atoms with E-state index in [0.717, 1.165) is 6.07 Å². The Kier molecular flexibility index (Phi) is 3.64. The fourth-order valence-corrected chi connectivity index (χ4v) is 1.82. The third-order valence-electron chi connectivity index (χ3n) is 2.76. The summed E-state index contributed by atoms with van der Waals surface area (Å²) in [7, 11) is 0. The fourth-order valence-electron chi connectivity index (χ4n) is 1.82. The van der Waals surface area contributed by atoms with Crippen molar-refractivity contribution in [3.63, 3.8) is 0 Å². The number of hydrogen-bond acceptors (Lipinski definition) is 6. The second-order valence-electron chi connectivity index (χ2n) is 4.52. The molecule has 0 amide bonds. The molecule has 0 saturated heterocycles. The summed E-state index contributed by atoms with van der Waals surface area (Å²) in [5, 5.41) is 11.2. The summed E-state index contributed by atoms with van der Waals surface area (Å²) in [5.41, 5.74) is -0.521. The van der Waals surface area contributed by atoms with Crippen molar-refractivity contribution in [2.24, 2.45) is 0 Å². The molecule has 0 saturated carbocycles. The van der Waals surface area contributed by atoms with Crippen LogP contribution in [0, 0.1) is 6.92 Å². The van der Waals surface area contributed by atoms with Gasteiger partial charge in [0.25, 0.3) is 0 Å². The maximum Gasteiger partial charge on any atom is 0.433 e. The molecule has 3 aromatic heterocycles. The highest BCUT2D eigenvalue weighted by Gasteiger charge is 2.33.